The van der Waals surface area contributed by atoms with Crippen LogP contribution in [0.5, 0.6) is 11.5 Å². The summed E-state index contributed by atoms with van der Waals surface area (Å²) in [7, 11) is 3.22. The molecule has 2 rings (SSSR count). The Kier molecular flexibility index (Phi) is 3.82. The zero-order chi connectivity index (χ0) is 13.3. The highest BCUT2D eigenvalue weighted by atomic mass is 79.9. The van der Waals surface area contributed by atoms with E-state index >= 15 is 0 Å². The maximum atomic E-state index is 6.08. The number of anilines is 1. The van der Waals surface area contributed by atoms with Gasteiger partial charge in [0.25, 0.3) is 0 Å². The van der Waals surface area contributed by atoms with E-state index in [0.29, 0.717) is 17.2 Å². The molecule has 0 saturated heterocycles. The summed E-state index contributed by atoms with van der Waals surface area (Å²) in [5, 5.41) is 0. The lowest BCUT2D eigenvalue weighted by Gasteiger charge is -2.12. The molecule has 96 valence electrons. The molecular weight excluding hydrogens is 314 g/mol. The van der Waals surface area contributed by atoms with Gasteiger partial charge in [-0.1, -0.05) is 0 Å². The maximum Gasteiger partial charge on any atom is 0.162 e. The molecule has 1 aromatic carbocycles. The molecule has 3 nitrogen and oxygen atoms in total. The Hall–Kier alpha value is -1.20. The number of methoxy groups -OCH3 is 2. The molecule has 0 aliphatic heterocycles. The first kappa shape index (κ1) is 13.2. The van der Waals surface area contributed by atoms with Crippen molar-refractivity contribution in [3.8, 4) is 21.9 Å². The van der Waals surface area contributed by atoms with Crippen LogP contribution in [0.25, 0.3) is 10.4 Å². The third-order valence-electron chi connectivity index (χ3n) is 2.61. The zero-order valence-corrected chi connectivity index (χ0v) is 12.8. The number of aryl methyl sites for hydroxylation is 1. The van der Waals surface area contributed by atoms with Gasteiger partial charge in [0.15, 0.2) is 11.5 Å². The van der Waals surface area contributed by atoms with E-state index in [0.717, 1.165) is 14.9 Å². The fraction of sp³-hybridized carbons (Fsp3) is 0.231. The third-order valence-corrected chi connectivity index (χ3v) is 4.58. The summed E-state index contributed by atoms with van der Waals surface area (Å²) in [5.41, 5.74) is 7.71. The van der Waals surface area contributed by atoms with Crippen LogP contribution in [0.4, 0.5) is 5.69 Å². The molecule has 0 bridgehead atoms. The number of nitrogen functional groups attached to an aromatic ring is 1. The summed E-state index contributed by atoms with van der Waals surface area (Å²) < 4.78 is 11.6. The lowest BCUT2D eigenvalue weighted by Crippen LogP contribution is -1.95. The van der Waals surface area contributed by atoms with Gasteiger partial charge < -0.3 is 15.2 Å². The first-order valence-electron chi connectivity index (χ1n) is 5.34. The normalized spacial score (nSPS) is 10.4. The van der Waals surface area contributed by atoms with Crippen LogP contribution in [0.3, 0.4) is 0 Å². The van der Waals surface area contributed by atoms with E-state index in [-0.39, 0.29) is 0 Å². The topological polar surface area (TPSA) is 44.5 Å². The number of halogens is 1. The Morgan fingerprint density at radius 3 is 2.22 bits per heavy atom. The van der Waals surface area contributed by atoms with E-state index in [1.807, 2.05) is 6.07 Å². The van der Waals surface area contributed by atoms with Crippen molar-refractivity contribution in [1.82, 2.24) is 0 Å². The second-order valence-corrected chi connectivity index (χ2v) is 5.94. The predicted molar refractivity (Wildman–Crippen MR) is 79.7 cm³/mol. The van der Waals surface area contributed by atoms with Crippen molar-refractivity contribution in [1.29, 1.82) is 0 Å². The Labute approximate surface area is 119 Å². The molecule has 0 radical (unpaired) electrons. The number of hydrogen-bond donors (Lipinski definition) is 1. The van der Waals surface area contributed by atoms with Crippen molar-refractivity contribution in [3.05, 3.63) is 27.5 Å². The monoisotopic (exact) mass is 327 g/mol. The molecule has 1 aromatic heterocycles. The van der Waals surface area contributed by atoms with Gasteiger partial charge >= 0.3 is 0 Å². The molecule has 2 N–H and O–H groups in total. The molecule has 0 aliphatic rings. The third kappa shape index (κ3) is 2.33. The lowest BCUT2D eigenvalue weighted by atomic mass is 10.1. The van der Waals surface area contributed by atoms with Gasteiger partial charge in [-0.3, -0.25) is 0 Å². The van der Waals surface area contributed by atoms with Crippen molar-refractivity contribution in [3.63, 3.8) is 0 Å². The predicted octanol–water partition coefficient (Wildman–Crippen LogP) is 4.09. The zero-order valence-electron chi connectivity index (χ0n) is 10.4. The average Bonchev–Trinajstić information content (AvgIpc) is 2.68. The highest BCUT2D eigenvalue weighted by Gasteiger charge is 2.14. The Morgan fingerprint density at radius 2 is 1.72 bits per heavy atom. The van der Waals surface area contributed by atoms with Crippen LogP contribution in [0.1, 0.15) is 4.88 Å². The number of benzene rings is 1. The van der Waals surface area contributed by atoms with Crippen molar-refractivity contribution in [2.75, 3.05) is 20.0 Å². The highest BCUT2D eigenvalue weighted by Crippen LogP contribution is 2.43. The molecule has 0 aliphatic carbocycles. The fourth-order valence-electron chi connectivity index (χ4n) is 1.76. The van der Waals surface area contributed by atoms with Gasteiger partial charge in [0.05, 0.1) is 19.1 Å². The fourth-order valence-corrected chi connectivity index (χ4v) is 3.65. The van der Waals surface area contributed by atoms with Gasteiger partial charge in [0, 0.05) is 26.7 Å². The van der Waals surface area contributed by atoms with Crippen LogP contribution < -0.4 is 15.2 Å². The van der Waals surface area contributed by atoms with Gasteiger partial charge in [-0.2, -0.15) is 0 Å². The average molecular weight is 328 g/mol. The minimum atomic E-state index is 0.642. The molecule has 18 heavy (non-hydrogen) atoms. The molecule has 0 spiro atoms. The molecular formula is C13H14BrNO2S. The number of rotatable bonds is 3. The van der Waals surface area contributed by atoms with E-state index in [1.165, 1.54) is 4.88 Å². The Bertz CT molecular complexity index is 581. The minimum Gasteiger partial charge on any atom is -0.493 e. The van der Waals surface area contributed by atoms with Crippen molar-refractivity contribution < 1.29 is 9.47 Å². The summed E-state index contributed by atoms with van der Waals surface area (Å²) in [5.74, 6) is 1.32. The summed E-state index contributed by atoms with van der Waals surface area (Å²) in [6, 6.07) is 5.77. The number of thiophene rings is 1. The standard InChI is InChI=1S/C13H14BrNO2S/c1-7-4-9(14)13(18-7)8-5-11(16-2)12(17-3)6-10(8)15/h4-6H,15H2,1-3H3. The lowest BCUT2D eigenvalue weighted by molar-refractivity contribution is 0.355. The molecule has 0 fully saturated rings. The van der Waals surface area contributed by atoms with Crippen LogP contribution >= 0.6 is 27.3 Å². The van der Waals surface area contributed by atoms with Crippen LogP contribution in [0, 0.1) is 6.92 Å². The molecule has 1 heterocycles. The summed E-state index contributed by atoms with van der Waals surface area (Å²) >= 11 is 5.24. The second kappa shape index (κ2) is 5.20. The van der Waals surface area contributed by atoms with Crippen molar-refractivity contribution in [2.45, 2.75) is 6.92 Å². The first-order chi connectivity index (χ1) is 8.56. The Balaban J connectivity index is 2.61. The van der Waals surface area contributed by atoms with E-state index in [2.05, 4.69) is 28.9 Å². The van der Waals surface area contributed by atoms with E-state index in [1.54, 1.807) is 31.6 Å². The summed E-state index contributed by atoms with van der Waals surface area (Å²) in [6.45, 7) is 2.07. The number of ether oxygens (including phenoxy) is 2. The SMILES string of the molecule is COc1cc(N)c(-c2sc(C)cc2Br)cc1OC. The molecule has 5 heteroatoms. The van der Waals surface area contributed by atoms with Gasteiger partial charge in [-0.05, 0) is 35.0 Å². The minimum absolute atomic E-state index is 0.642. The van der Waals surface area contributed by atoms with E-state index < -0.39 is 0 Å². The maximum absolute atomic E-state index is 6.08. The van der Waals surface area contributed by atoms with Gasteiger partial charge in [0.2, 0.25) is 0 Å². The molecule has 0 unspecified atom stereocenters. The number of hydrogen-bond acceptors (Lipinski definition) is 4. The van der Waals surface area contributed by atoms with Crippen molar-refractivity contribution in [2.24, 2.45) is 0 Å². The molecule has 0 amide bonds. The van der Waals surface area contributed by atoms with Gasteiger partial charge in [-0.25, -0.2) is 0 Å². The molecule has 0 atom stereocenters. The molecule has 2 aromatic rings. The van der Waals surface area contributed by atoms with Crippen molar-refractivity contribution >= 4 is 33.0 Å². The van der Waals surface area contributed by atoms with Gasteiger partial charge in [0.1, 0.15) is 0 Å². The quantitative estimate of drug-likeness (QED) is 0.863. The molecule has 0 saturated carbocycles. The second-order valence-electron chi connectivity index (χ2n) is 3.83. The highest BCUT2D eigenvalue weighted by molar-refractivity contribution is 9.10. The van der Waals surface area contributed by atoms with Crippen LogP contribution in [0.15, 0.2) is 22.7 Å². The summed E-state index contributed by atoms with van der Waals surface area (Å²) in [4.78, 5) is 2.33. The van der Waals surface area contributed by atoms with E-state index in [4.69, 9.17) is 15.2 Å². The summed E-state index contributed by atoms with van der Waals surface area (Å²) in [6.07, 6.45) is 0. The van der Waals surface area contributed by atoms with Gasteiger partial charge in [-0.15, -0.1) is 11.3 Å². The largest absolute Gasteiger partial charge is 0.493 e. The smallest absolute Gasteiger partial charge is 0.162 e. The van der Waals surface area contributed by atoms with Crippen LogP contribution in [0.2, 0.25) is 0 Å². The van der Waals surface area contributed by atoms with Crippen LogP contribution in [-0.4, -0.2) is 14.2 Å². The number of nitrogens with two attached hydrogens (primary N) is 1. The Morgan fingerprint density at radius 1 is 1.11 bits per heavy atom. The van der Waals surface area contributed by atoms with Crippen LogP contribution in [-0.2, 0) is 0 Å². The first-order valence-corrected chi connectivity index (χ1v) is 6.95. The van der Waals surface area contributed by atoms with E-state index in [9.17, 15) is 0 Å².